The Kier molecular flexibility index (Phi) is 7.14. The highest BCUT2D eigenvalue weighted by Gasteiger charge is 2.21. The number of ether oxygens (including phenoxy) is 2. The Hall–Kier alpha value is -3.81. The van der Waals surface area contributed by atoms with Crippen molar-refractivity contribution in [3.8, 4) is 11.5 Å². The van der Waals surface area contributed by atoms with Gasteiger partial charge in [-0.3, -0.25) is 9.78 Å². The number of aryl methyl sites for hydroxylation is 1. The number of nitrogen functional groups attached to an aromatic ring is 1. The van der Waals surface area contributed by atoms with Crippen LogP contribution in [0.5, 0.6) is 11.5 Å². The predicted octanol–water partition coefficient (Wildman–Crippen LogP) is 3.60. The van der Waals surface area contributed by atoms with Crippen molar-refractivity contribution in [3.63, 3.8) is 0 Å². The summed E-state index contributed by atoms with van der Waals surface area (Å²) in [6, 6.07) is 11.3. The first-order valence-corrected chi connectivity index (χ1v) is 10.4. The average Bonchev–Trinajstić information content (AvgIpc) is 2.76. The number of aromatic nitrogens is 1. The van der Waals surface area contributed by atoms with Gasteiger partial charge in [-0.2, -0.15) is 0 Å². The first-order chi connectivity index (χ1) is 15.4. The van der Waals surface area contributed by atoms with E-state index in [1.54, 1.807) is 50.2 Å². The molecule has 1 amide bonds. The quantitative estimate of drug-likeness (QED) is 0.460. The van der Waals surface area contributed by atoms with E-state index in [1.807, 2.05) is 6.92 Å². The Bertz CT molecular complexity index is 1150. The zero-order valence-corrected chi connectivity index (χ0v) is 18.3. The number of nitrogens with two attached hydrogens (primary N) is 1. The maximum Gasteiger partial charge on any atom is 0.342 e. The minimum Gasteiger partial charge on any atom is -0.507 e. The molecular weight excluding hydrogens is 410 g/mol. The molecule has 1 atom stereocenters. The van der Waals surface area contributed by atoms with Gasteiger partial charge in [-0.1, -0.05) is 25.1 Å². The van der Waals surface area contributed by atoms with Crippen LogP contribution in [0.4, 0.5) is 5.69 Å². The number of nitrogens with zero attached hydrogens (tertiary/aromatic N) is 1. The van der Waals surface area contributed by atoms with Gasteiger partial charge in [0.2, 0.25) is 0 Å². The molecule has 0 saturated carbocycles. The standard InChI is InChI=1S/C24H27N3O5/c1-4-15(27-23(29)16-9-6-7-11-18(16)28)13-32-19-12-8-10-17-21(19)22(25)20(14(3)26-17)24(30)31-5-2/h6-12,15,28H,4-5,13H2,1-3H3,(H2,25,26)(H,27,29)/t15-/m0/s1. The molecule has 0 bridgehead atoms. The summed E-state index contributed by atoms with van der Waals surface area (Å²) in [7, 11) is 0. The number of esters is 1. The van der Waals surface area contributed by atoms with Crippen molar-refractivity contribution < 1.29 is 24.2 Å². The van der Waals surface area contributed by atoms with E-state index in [9.17, 15) is 14.7 Å². The number of amides is 1. The van der Waals surface area contributed by atoms with Crippen molar-refractivity contribution in [2.24, 2.45) is 0 Å². The number of anilines is 1. The molecule has 0 radical (unpaired) electrons. The highest BCUT2D eigenvalue weighted by atomic mass is 16.5. The molecule has 1 heterocycles. The fourth-order valence-corrected chi connectivity index (χ4v) is 3.40. The van der Waals surface area contributed by atoms with Crippen molar-refractivity contribution in [1.82, 2.24) is 10.3 Å². The van der Waals surface area contributed by atoms with Gasteiger partial charge in [-0.25, -0.2) is 4.79 Å². The molecule has 1 aromatic heterocycles. The SMILES string of the molecule is CCOC(=O)c1c(C)nc2cccc(OC[C@H](CC)NC(=O)c3ccccc3O)c2c1N. The fraction of sp³-hybridized carbons (Fsp3) is 0.292. The molecule has 0 saturated heterocycles. The number of aromatic hydroxyl groups is 1. The summed E-state index contributed by atoms with van der Waals surface area (Å²) in [5, 5.41) is 13.3. The van der Waals surface area contributed by atoms with Gasteiger partial charge in [0, 0.05) is 0 Å². The predicted molar refractivity (Wildman–Crippen MR) is 122 cm³/mol. The molecule has 32 heavy (non-hydrogen) atoms. The van der Waals surface area contributed by atoms with Crippen LogP contribution in [-0.2, 0) is 4.74 Å². The zero-order valence-electron chi connectivity index (χ0n) is 18.3. The first kappa shape index (κ1) is 22.9. The van der Waals surface area contributed by atoms with E-state index in [2.05, 4.69) is 10.3 Å². The van der Waals surface area contributed by atoms with Gasteiger partial charge >= 0.3 is 5.97 Å². The highest BCUT2D eigenvalue weighted by molar-refractivity contribution is 6.07. The number of hydrogen-bond acceptors (Lipinski definition) is 7. The molecule has 4 N–H and O–H groups in total. The Labute approximate surface area is 186 Å². The summed E-state index contributed by atoms with van der Waals surface area (Å²) in [4.78, 5) is 29.4. The van der Waals surface area contributed by atoms with Gasteiger partial charge < -0.3 is 25.6 Å². The van der Waals surface area contributed by atoms with E-state index in [0.29, 0.717) is 28.8 Å². The van der Waals surface area contributed by atoms with Crippen molar-refractivity contribution >= 4 is 28.5 Å². The molecule has 8 heteroatoms. The number of nitrogens with one attached hydrogen (secondary N) is 1. The molecule has 3 aromatic rings. The highest BCUT2D eigenvalue weighted by Crippen LogP contribution is 2.34. The van der Waals surface area contributed by atoms with Crippen LogP contribution in [-0.4, -0.2) is 41.2 Å². The third-order valence-corrected chi connectivity index (χ3v) is 5.09. The van der Waals surface area contributed by atoms with Gasteiger partial charge in [0.25, 0.3) is 5.91 Å². The molecule has 0 fully saturated rings. The molecule has 0 aliphatic carbocycles. The van der Waals surface area contributed by atoms with Gasteiger partial charge in [0.05, 0.1) is 40.5 Å². The smallest absolute Gasteiger partial charge is 0.342 e. The largest absolute Gasteiger partial charge is 0.507 e. The number of phenols is 1. The van der Waals surface area contributed by atoms with Crippen molar-refractivity contribution in [1.29, 1.82) is 0 Å². The second-order valence-electron chi connectivity index (χ2n) is 7.26. The van der Waals surface area contributed by atoms with E-state index in [0.717, 1.165) is 0 Å². The van der Waals surface area contributed by atoms with E-state index in [1.165, 1.54) is 6.07 Å². The van der Waals surface area contributed by atoms with Crippen molar-refractivity contribution in [3.05, 3.63) is 59.3 Å². The molecule has 3 rings (SSSR count). The second kappa shape index (κ2) is 10.00. The summed E-state index contributed by atoms with van der Waals surface area (Å²) in [5.74, 6) is -0.560. The van der Waals surface area contributed by atoms with Crippen LogP contribution < -0.4 is 15.8 Å². The van der Waals surface area contributed by atoms with Crippen molar-refractivity contribution in [2.75, 3.05) is 18.9 Å². The van der Waals surface area contributed by atoms with Crippen LogP contribution in [0.1, 0.15) is 46.7 Å². The maximum atomic E-state index is 12.5. The molecule has 0 spiro atoms. The van der Waals surface area contributed by atoms with Gasteiger partial charge in [-0.05, 0) is 44.5 Å². The molecule has 2 aromatic carbocycles. The van der Waals surface area contributed by atoms with Crippen LogP contribution in [0, 0.1) is 6.92 Å². The Balaban J connectivity index is 1.85. The zero-order chi connectivity index (χ0) is 23.3. The Morgan fingerprint density at radius 1 is 1.16 bits per heavy atom. The van der Waals surface area contributed by atoms with Crippen molar-refractivity contribution in [2.45, 2.75) is 33.2 Å². The molecular formula is C24H27N3O5. The lowest BCUT2D eigenvalue weighted by Gasteiger charge is -2.20. The van der Waals surface area contributed by atoms with E-state index in [4.69, 9.17) is 15.2 Å². The lowest BCUT2D eigenvalue weighted by atomic mass is 10.1. The number of para-hydroxylation sites is 1. The fourth-order valence-electron chi connectivity index (χ4n) is 3.40. The monoisotopic (exact) mass is 437 g/mol. The third kappa shape index (κ3) is 4.74. The van der Waals surface area contributed by atoms with Crippen LogP contribution >= 0.6 is 0 Å². The number of carbonyl (C=O) groups is 2. The van der Waals surface area contributed by atoms with Crippen LogP contribution in [0.3, 0.4) is 0 Å². The molecule has 168 valence electrons. The number of fused-ring (bicyclic) bond motifs is 1. The topological polar surface area (TPSA) is 124 Å². The average molecular weight is 437 g/mol. The lowest BCUT2D eigenvalue weighted by Crippen LogP contribution is -2.38. The summed E-state index contributed by atoms with van der Waals surface area (Å²) < 4.78 is 11.1. The van der Waals surface area contributed by atoms with Gasteiger partial charge in [0.15, 0.2) is 0 Å². The van der Waals surface area contributed by atoms with Gasteiger partial charge in [-0.15, -0.1) is 0 Å². The number of benzene rings is 2. The minimum atomic E-state index is -0.534. The number of carbonyl (C=O) groups excluding carboxylic acids is 2. The van der Waals surface area contributed by atoms with Crippen LogP contribution in [0.25, 0.3) is 10.9 Å². The normalized spacial score (nSPS) is 11.7. The van der Waals surface area contributed by atoms with Crippen LogP contribution in [0.2, 0.25) is 0 Å². The summed E-state index contributed by atoms with van der Waals surface area (Å²) >= 11 is 0. The number of rotatable bonds is 8. The molecule has 0 unspecified atom stereocenters. The maximum absolute atomic E-state index is 12.5. The van der Waals surface area contributed by atoms with Crippen LogP contribution in [0.15, 0.2) is 42.5 Å². The molecule has 0 aliphatic rings. The third-order valence-electron chi connectivity index (χ3n) is 5.09. The Morgan fingerprint density at radius 3 is 2.59 bits per heavy atom. The molecule has 8 nitrogen and oxygen atoms in total. The van der Waals surface area contributed by atoms with E-state index >= 15 is 0 Å². The first-order valence-electron chi connectivity index (χ1n) is 10.4. The second-order valence-corrected chi connectivity index (χ2v) is 7.26. The summed E-state index contributed by atoms with van der Waals surface area (Å²) in [6.07, 6.45) is 0.602. The summed E-state index contributed by atoms with van der Waals surface area (Å²) in [5.41, 5.74) is 8.07. The number of phenolic OH excluding ortho intramolecular Hbond substituents is 1. The lowest BCUT2D eigenvalue weighted by molar-refractivity contribution is 0.0526. The van der Waals surface area contributed by atoms with E-state index in [-0.39, 0.29) is 41.8 Å². The van der Waals surface area contributed by atoms with Gasteiger partial charge in [0.1, 0.15) is 23.7 Å². The summed E-state index contributed by atoms with van der Waals surface area (Å²) in [6.45, 7) is 5.73. The van der Waals surface area contributed by atoms with E-state index < -0.39 is 11.9 Å². The minimum absolute atomic E-state index is 0.0875. The number of pyridine rings is 1. The Morgan fingerprint density at radius 2 is 1.91 bits per heavy atom. The molecule has 0 aliphatic heterocycles. The number of hydrogen-bond donors (Lipinski definition) is 3.